The predicted octanol–water partition coefficient (Wildman–Crippen LogP) is 3.98. The molecule has 0 aliphatic heterocycles. The molecule has 1 N–H and O–H groups in total. The summed E-state index contributed by atoms with van der Waals surface area (Å²) in [5.41, 5.74) is 1.44. The SMILES string of the molecule is CC(CNC(C)C1CC2C=CC1C2)c1ccccc1. The molecule has 1 heteroatoms. The Bertz CT molecular complexity index is 436. The Balaban J connectivity index is 1.51. The first-order chi connectivity index (χ1) is 9.24. The van der Waals surface area contributed by atoms with Crippen molar-refractivity contribution in [2.24, 2.45) is 17.8 Å². The van der Waals surface area contributed by atoms with E-state index in [1.807, 2.05) is 0 Å². The molecule has 1 saturated carbocycles. The molecule has 0 amide bonds. The molecule has 0 heterocycles. The van der Waals surface area contributed by atoms with Gasteiger partial charge in [0, 0.05) is 12.6 Å². The van der Waals surface area contributed by atoms with Crippen LogP contribution in [0.25, 0.3) is 0 Å². The summed E-state index contributed by atoms with van der Waals surface area (Å²) in [6, 6.07) is 11.5. The maximum absolute atomic E-state index is 3.77. The molecule has 2 aliphatic carbocycles. The molecule has 0 radical (unpaired) electrons. The van der Waals surface area contributed by atoms with Crippen LogP contribution in [0.1, 0.15) is 38.2 Å². The zero-order chi connectivity index (χ0) is 13.2. The van der Waals surface area contributed by atoms with Crippen LogP contribution in [0.15, 0.2) is 42.5 Å². The first-order valence-corrected chi connectivity index (χ1v) is 7.70. The fourth-order valence-electron chi connectivity index (χ4n) is 3.81. The van der Waals surface area contributed by atoms with Crippen molar-refractivity contribution in [3.8, 4) is 0 Å². The minimum Gasteiger partial charge on any atom is -0.313 e. The van der Waals surface area contributed by atoms with Gasteiger partial charge in [0.2, 0.25) is 0 Å². The maximum atomic E-state index is 3.77. The molecule has 5 unspecified atom stereocenters. The van der Waals surface area contributed by atoms with Crippen LogP contribution in [0.2, 0.25) is 0 Å². The van der Waals surface area contributed by atoms with Gasteiger partial charge in [-0.1, -0.05) is 49.4 Å². The van der Waals surface area contributed by atoms with Crippen LogP contribution in [0.3, 0.4) is 0 Å². The van der Waals surface area contributed by atoms with Gasteiger partial charge < -0.3 is 5.32 Å². The van der Waals surface area contributed by atoms with Crippen LogP contribution >= 0.6 is 0 Å². The van der Waals surface area contributed by atoms with Crippen LogP contribution in [-0.4, -0.2) is 12.6 Å². The highest BCUT2D eigenvalue weighted by Gasteiger charge is 2.38. The molecule has 0 saturated heterocycles. The van der Waals surface area contributed by atoms with Crippen LogP contribution < -0.4 is 5.32 Å². The van der Waals surface area contributed by atoms with Crippen LogP contribution in [-0.2, 0) is 0 Å². The van der Waals surface area contributed by atoms with Crippen molar-refractivity contribution in [1.29, 1.82) is 0 Å². The molecule has 102 valence electrons. The lowest BCUT2D eigenvalue weighted by atomic mass is 9.87. The highest BCUT2D eigenvalue weighted by Crippen LogP contribution is 2.44. The van der Waals surface area contributed by atoms with E-state index in [-0.39, 0.29) is 0 Å². The summed E-state index contributed by atoms with van der Waals surface area (Å²) in [5, 5.41) is 3.77. The minimum absolute atomic E-state index is 0.595. The average Bonchev–Trinajstić information content (AvgIpc) is 3.08. The third-order valence-corrected chi connectivity index (χ3v) is 5.09. The summed E-state index contributed by atoms with van der Waals surface area (Å²) < 4.78 is 0. The molecular formula is C18H25N. The van der Waals surface area contributed by atoms with Gasteiger partial charge in [0.15, 0.2) is 0 Å². The smallest absolute Gasteiger partial charge is 0.00730 e. The fraction of sp³-hybridized carbons (Fsp3) is 0.556. The summed E-state index contributed by atoms with van der Waals surface area (Å²) in [6.45, 7) is 5.77. The van der Waals surface area contributed by atoms with Gasteiger partial charge >= 0.3 is 0 Å². The Morgan fingerprint density at radius 1 is 1.11 bits per heavy atom. The van der Waals surface area contributed by atoms with Gasteiger partial charge in [-0.05, 0) is 49.0 Å². The van der Waals surface area contributed by atoms with Crippen molar-refractivity contribution >= 4 is 0 Å². The summed E-state index contributed by atoms with van der Waals surface area (Å²) >= 11 is 0. The topological polar surface area (TPSA) is 12.0 Å². The first-order valence-electron chi connectivity index (χ1n) is 7.70. The third kappa shape index (κ3) is 2.76. The first kappa shape index (κ1) is 12.9. The van der Waals surface area contributed by atoms with E-state index >= 15 is 0 Å². The zero-order valence-electron chi connectivity index (χ0n) is 12.0. The molecular weight excluding hydrogens is 230 g/mol. The van der Waals surface area contributed by atoms with E-state index in [0.29, 0.717) is 12.0 Å². The number of hydrogen-bond donors (Lipinski definition) is 1. The number of benzene rings is 1. The zero-order valence-corrected chi connectivity index (χ0v) is 12.0. The number of hydrogen-bond acceptors (Lipinski definition) is 1. The lowest BCUT2D eigenvalue weighted by Crippen LogP contribution is -2.37. The van der Waals surface area contributed by atoms with E-state index in [4.69, 9.17) is 0 Å². The van der Waals surface area contributed by atoms with E-state index in [1.165, 1.54) is 18.4 Å². The number of fused-ring (bicyclic) bond motifs is 2. The quantitative estimate of drug-likeness (QED) is 0.785. The standard InChI is InChI=1S/C18H25N/c1-13(16-6-4-3-5-7-16)12-19-14(2)18-11-15-8-9-17(18)10-15/h3-9,13-15,17-19H,10-12H2,1-2H3. The molecule has 1 aromatic carbocycles. The molecule has 2 bridgehead atoms. The third-order valence-electron chi connectivity index (χ3n) is 5.09. The number of rotatable bonds is 5. The molecule has 1 nitrogen and oxygen atoms in total. The van der Waals surface area contributed by atoms with Crippen molar-refractivity contribution in [3.05, 3.63) is 48.0 Å². The van der Waals surface area contributed by atoms with Crippen LogP contribution in [0, 0.1) is 17.8 Å². The lowest BCUT2D eigenvalue weighted by Gasteiger charge is -2.27. The number of nitrogens with one attached hydrogen (secondary N) is 1. The highest BCUT2D eigenvalue weighted by atomic mass is 14.9. The Labute approximate surface area is 117 Å². The number of allylic oxidation sites excluding steroid dienone is 2. The van der Waals surface area contributed by atoms with Crippen molar-refractivity contribution < 1.29 is 0 Å². The second kappa shape index (κ2) is 5.50. The molecule has 5 atom stereocenters. The lowest BCUT2D eigenvalue weighted by molar-refractivity contribution is 0.324. The van der Waals surface area contributed by atoms with Gasteiger partial charge in [-0.25, -0.2) is 0 Å². The Hall–Kier alpha value is -1.08. The molecule has 1 fully saturated rings. The van der Waals surface area contributed by atoms with Gasteiger partial charge in [-0.15, -0.1) is 0 Å². The van der Waals surface area contributed by atoms with E-state index in [9.17, 15) is 0 Å². The van der Waals surface area contributed by atoms with E-state index < -0.39 is 0 Å². The van der Waals surface area contributed by atoms with Crippen molar-refractivity contribution in [2.75, 3.05) is 6.54 Å². The highest BCUT2D eigenvalue weighted by molar-refractivity contribution is 5.19. The molecule has 2 aliphatic rings. The Morgan fingerprint density at radius 2 is 1.89 bits per heavy atom. The summed E-state index contributed by atoms with van der Waals surface area (Å²) in [5.74, 6) is 3.18. The summed E-state index contributed by atoms with van der Waals surface area (Å²) in [7, 11) is 0. The van der Waals surface area contributed by atoms with Gasteiger partial charge in [0.05, 0.1) is 0 Å². The van der Waals surface area contributed by atoms with Crippen molar-refractivity contribution in [1.82, 2.24) is 5.32 Å². The summed E-state index contributed by atoms with van der Waals surface area (Å²) in [6.07, 6.45) is 7.69. The van der Waals surface area contributed by atoms with Gasteiger partial charge in [0.1, 0.15) is 0 Å². The largest absolute Gasteiger partial charge is 0.313 e. The second-order valence-corrected chi connectivity index (χ2v) is 6.45. The van der Waals surface area contributed by atoms with Gasteiger partial charge in [0.25, 0.3) is 0 Å². The van der Waals surface area contributed by atoms with E-state index in [1.54, 1.807) is 0 Å². The average molecular weight is 255 g/mol. The van der Waals surface area contributed by atoms with E-state index in [0.717, 1.165) is 24.3 Å². The Kier molecular flexibility index (Phi) is 3.74. The van der Waals surface area contributed by atoms with E-state index in [2.05, 4.69) is 61.6 Å². The van der Waals surface area contributed by atoms with Crippen LogP contribution in [0.5, 0.6) is 0 Å². The summed E-state index contributed by atoms with van der Waals surface area (Å²) in [4.78, 5) is 0. The van der Waals surface area contributed by atoms with Crippen molar-refractivity contribution in [3.63, 3.8) is 0 Å². The maximum Gasteiger partial charge on any atom is 0.00730 e. The molecule has 3 rings (SSSR count). The molecule has 1 aromatic rings. The Morgan fingerprint density at radius 3 is 2.53 bits per heavy atom. The molecule has 0 spiro atoms. The fourth-order valence-corrected chi connectivity index (χ4v) is 3.81. The predicted molar refractivity (Wildman–Crippen MR) is 81.2 cm³/mol. The monoisotopic (exact) mass is 255 g/mol. The minimum atomic E-state index is 0.595. The molecule has 0 aromatic heterocycles. The van der Waals surface area contributed by atoms with Crippen molar-refractivity contribution in [2.45, 2.75) is 38.6 Å². The normalized spacial score (nSPS) is 31.6. The van der Waals surface area contributed by atoms with Gasteiger partial charge in [-0.2, -0.15) is 0 Å². The second-order valence-electron chi connectivity index (χ2n) is 6.45. The van der Waals surface area contributed by atoms with Crippen LogP contribution in [0.4, 0.5) is 0 Å². The van der Waals surface area contributed by atoms with Gasteiger partial charge in [-0.3, -0.25) is 0 Å². The molecule has 19 heavy (non-hydrogen) atoms.